The SMILES string of the molecule is O=C(C(Cc1ccccc1)N1C(=O)c2ccccc2C1=O)N1CCC(c2ccccc2)C1. The summed E-state index contributed by atoms with van der Waals surface area (Å²) in [7, 11) is 0. The van der Waals surface area contributed by atoms with Crippen molar-refractivity contribution in [3.8, 4) is 0 Å². The molecule has 2 aliphatic heterocycles. The number of nitrogens with zero attached hydrogens (tertiary/aromatic N) is 2. The third-order valence-corrected chi connectivity index (χ3v) is 6.46. The number of hydrogen-bond acceptors (Lipinski definition) is 3. The minimum Gasteiger partial charge on any atom is -0.340 e. The molecule has 3 amide bonds. The lowest BCUT2D eigenvalue weighted by Crippen LogP contribution is -2.51. The van der Waals surface area contributed by atoms with Gasteiger partial charge in [-0.25, -0.2) is 0 Å². The molecule has 0 spiro atoms. The van der Waals surface area contributed by atoms with Gasteiger partial charge in [-0.1, -0.05) is 72.8 Å². The molecule has 0 saturated carbocycles. The van der Waals surface area contributed by atoms with E-state index in [2.05, 4.69) is 12.1 Å². The fourth-order valence-electron chi connectivity index (χ4n) is 4.79. The Kier molecular flexibility index (Phi) is 5.31. The van der Waals surface area contributed by atoms with Gasteiger partial charge in [-0.05, 0) is 29.7 Å². The van der Waals surface area contributed by atoms with Gasteiger partial charge in [0.2, 0.25) is 5.91 Å². The molecule has 5 nitrogen and oxygen atoms in total. The van der Waals surface area contributed by atoms with Crippen molar-refractivity contribution in [2.75, 3.05) is 13.1 Å². The number of benzene rings is 3. The summed E-state index contributed by atoms with van der Waals surface area (Å²) in [6.07, 6.45) is 1.17. The molecule has 5 rings (SSSR count). The first-order valence-corrected chi connectivity index (χ1v) is 11.0. The highest BCUT2D eigenvalue weighted by Crippen LogP contribution is 2.31. The monoisotopic (exact) mass is 424 g/mol. The summed E-state index contributed by atoms with van der Waals surface area (Å²) in [5.74, 6) is -0.682. The zero-order valence-electron chi connectivity index (χ0n) is 17.7. The summed E-state index contributed by atoms with van der Waals surface area (Å²) < 4.78 is 0. The van der Waals surface area contributed by atoms with Gasteiger partial charge in [0.25, 0.3) is 11.8 Å². The Morgan fingerprint density at radius 1 is 0.812 bits per heavy atom. The minimum absolute atomic E-state index is 0.165. The number of imide groups is 1. The molecule has 0 N–H and O–H groups in total. The van der Waals surface area contributed by atoms with Gasteiger partial charge in [-0.15, -0.1) is 0 Å². The first-order valence-electron chi connectivity index (χ1n) is 11.0. The molecule has 0 radical (unpaired) electrons. The van der Waals surface area contributed by atoms with E-state index in [9.17, 15) is 14.4 Å². The number of fused-ring (bicyclic) bond motifs is 1. The zero-order valence-corrected chi connectivity index (χ0v) is 17.7. The van der Waals surface area contributed by atoms with Crippen molar-refractivity contribution in [1.82, 2.24) is 9.80 Å². The average molecular weight is 425 g/mol. The second kappa shape index (κ2) is 8.42. The van der Waals surface area contributed by atoms with Crippen molar-refractivity contribution in [2.24, 2.45) is 0 Å². The summed E-state index contributed by atoms with van der Waals surface area (Å²) in [4.78, 5) is 43.1. The fraction of sp³-hybridized carbons (Fsp3) is 0.222. The predicted octanol–water partition coefficient (Wildman–Crippen LogP) is 3.91. The fourth-order valence-corrected chi connectivity index (χ4v) is 4.79. The van der Waals surface area contributed by atoms with Crippen LogP contribution in [0.15, 0.2) is 84.9 Å². The van der Waals surface area contributed by atoms with Gasteiger partial charge in [0.15, 0.2) is 0 Å². The van der Waals surface area contributed by atoms with E-state index in [4.69, 9.17) is 0 Å². The third-order valence-electron chi connectivity index (χ3n) is 6.46. The van der Waals surface area contributed by atoms with E-state index < -0.39 is 17.9 Å². The standard InChI is InChI=1S/C27H24N2O3/c30-25-22-13-7-8-14-23(22)26(31)29(25)24(17-19-9-3-1-4-10-19)27(32)28-16-15-21(18-28)20-11-5-2-6-12-20/h1-14,21,24H,15-18H2. The van der Waals surface area contributed by atoms with Crippen LogP contribution >= 0.6 is 0 Å². The largest absolute Gasteiger partial charge is 0.340 e. The molecule has 3 aromatic carbocycles. The van der Waals surface area contributed by atoms with Gasteiger partial charge in [0.1, 0.15) is 6.04 Å². The topological polar surface area (TPSA) is 57.7 Å². The van der Waals surface area contributed by atoms with Gasteiger partial charge >= 0.3 is 0 Å². The van der Waals surface area contributed by atoms with E-state index in [-0.39, 0.29) is 11.8 Å². The molecule has 0 aliphatic carbocycles. The minimum atomic E-state index is -0.862. The first kappa shape index (κ1) is 20.2. The molecule has 3 aromatic rings. The molecule has 1 fully saturated rings. The lowest BCUT2D eigenvalue weighted by atomic mass is 9.99. The maximum atomic E-state index is 13.7. The summed E-state index contributed by atoms with van der Waals surface area (Å²) in [5, 5.41) is 0. The number of carbonyl (C=O) groups excluding carboxylic acids is 3. The van der Waals surface area contributed by atoms with Crippen molar-refractivity contribution in [1.29, 1.82) is 0 Å². The third kappa shape index (κ3) is 3.60. The smallest absolute Gasteiger partial charge is 0.262 e. The second-order valence-electron chi connectivity index (χ2n) is 8.41. The summed E-state index contributed by atoms with van der Waals surface area (Å²) in [6, 6.07) is 25.7. The van der Waals surface area contributed by atoms with E-state index in [1.165, 1.54) is 10.5 Å². The van der Waals surface area contributed by atoms with Crippen LogP contribution in [0.3, 0.4) is 0 Å². The van der Waals surface area contributed by atoms with Crippen LogP contribution in [0.5, 0.6) is 0 Å². The molecular weight excluding hydrogens is 400 g/mol. The number of carbonyl (C=O) groups is 3. The van der Waals surface area contributed by atoms with E-state index in [0.717, 1.165) is 12.0 Å². The number of amides is 3. The molecule has 2 atom stereocenters. The summed E-state index contributed by atoms with van der Waals surface area (Å²) in [5.41, 5.74) is 2.86. The lowest BCUT2D eigenvalue weighted by molar-refractivity contribution is -0.134. The molecule has 160 valence electrons. The van der Waals surface area contributed by atoms with E-state index in [1.807, 2.05) is 53.4 Å². The van der Waals surface area contributed by atoms with Gasteiger partial charge < -0.3 is 4.90 Å². The second-order valence-corrected chi connectivity index (χ2v) is 8.41. The van der Waals surface area contributed by atoms with Crippen LogP contribution in [0.4, 0.5) is 0 Å². The highest BCUT2D eigenvalue weighted by molar-refractivity contribution is 6.22. The average Bonchev–Trinajstić information content (AvgIpc) is 3.43. The number of rotatable bonds is 5. The molecule has 0 bridgehead atoms. The van der Waals surface area contributed by atoms with Crippen LogP contribution in [0.1, 0.15) is 44.2 Å². The van der Waals surface area contributed by atoms with Gasteiger partial charge in [0, 0.05) is 25.4 Å². The van der Waals surface area contributed by atoms with Crippen LogP contribution in [0.25, 0.3) is 0 Å². The Hall–Kier alpha value is -3.73. The van der Waals surface area contributed by atoms with E-state index in [1.54, 1.807) is 24.3 Å². The molecule has 32 heavy (non-hydrogen) atoms. The highest BCUT2D eigenvalue weighted by atomic mass is 16.2. The van der Waals surface area contributed by atoms with Crippen LogP contribution in [0, 0.1) is 0 Å². The molecule has 1 saturated heterocycles. The lowest BCUT2D eigenvalue weighted by Gasteiger charge is -2.29. The van der Waals surface area contributed by atoms with Gasteiger partial charge in [0.05, 0.1) is 11.1 Å². The van der Waals surface area contributed by atoms with Crippen molar-refractivity contribution >= 4 is 17.7 Å². The Morgan fingerprint density at radius 2 is 1.38 bits per heavy atom. The zero-order chi connectivity index (χ0) is 22.1. The van der Waals surface area contributed by atoms with Gasteiger partial charge in [-0.2, -0.15) is 0 Å². The van der Waals surface area contributed by atoms with Crippen LogP contribution < -0.4 is 0 Å². The Morgan fingerprint density at radius 3 is 2.00 bits per heavy atom. The Labute approximate surface area is 187 Å². The van der Waals surface area contributed by atoms with Crippen molar-refractivity contribution in [3.05, 3.63) is 107 Å². The normalized spacial score (nSPS) is 18.7. The molecule has 2 aliphatic rings. The quantitative estimate of drug-likeness (QED) is 0.584. The van der Waals surface area contributed by atoms with E-state index >= 15 is 0 Å². The number of likely N-dealkylation sites (tertiary alicyclic amines) is 1. The van der Waals surface area contributed by atoms with Crippen molar-refractivity contribution in [2.45, 2.75) is 24.8 Å². The van der Waals surface area contributed by atoms with E-state index in [0.29, 0.717) is 30.6 Å². The Bertz CT molecular complexity index is 1120. The van der Waals surface area contributed by atoms with Crippen molar-refractivity contribution < 1.29 is 14.4 Å². The summed E-state index contributed by atoms with van der Waals surface area (Å²) >= 11 is 0. The van der Waals surface area contributed by atoms with Crippen LogP contribution in [-0.2, 0) is 11.2 Å². The maximum absolute atomic E-state index is 13.7. The van der Waals surface area contributed by atoms with Gasteiger partial charge in [-0.3, -0.25) is 19.3 Å². The Balaban J connectivity index is 1.44. The number of hydrogen-bond donors (Lipinski definition) is 0. The maximum Gasteiger partial charge on any atom is 0.262 e. The van der Waals surface area contributed by atoms with Crippen molar-refractivity contribution in [3.63, 3.8) is 0 Å². The first-order chi connectivity index (χ1) is 15.6. The molecule has 0 aromatic heterocycles. The summed E-state index contributed by atoms with van der Waals surface area (Å²) in [6.45, 7) is 1.21. The molecule has 5 heteroatoms. The van der Waals surface area contributed by atoms with Crippen LogP contribution in [-0.4, -0.2) is 46.7 Å². The predicted molar refractivity (Wildman–Crippen MR) is 121 cm³/mol. The molecule has 2 unspecified atom stereocenters. The highest BCUT2D eigenvalue weighted by Gasteiger charge is 2.44. The van der Waals surface area contributed by atoms with Crippen LogP contribution in [0.2, 0.25) is 0 Å². The molecule has 2 heterocycles. The molecular formula is C27H24N2O3.